The van der Waals surface area contributed by atoms with Crippen LogP contribution in [0.3, 0.4) is 0 Å². The first-order valence-corrected chi connectivity index (χ1v) is 8.29. The van der Waals surface area contributed by atoms with Crippen molar-refractivity contribution in [1.82, 2.24) is 10.2 Å². The minimum absolute atomic E-state index is 0. The normalized spacial score (nSPS) is 29.1. The van der Waals surface area contributed by atoms with Gasteiger partial charge in [-0.05, 0) is 69.5 Å². The summed E-state index contributed by atoms with van der Waals surface area (Å²) in [5.74, 6) is 0.977. The summed E-state index contributed by atoms with van der Waals surface area (Å²) >= 11 is 0. The molecule has 3 rings (SSSR count). The molecule has 0 radical (unpaired) electrons. The summed E-state index contributed by atoms with van der Waals surface area (Å²) in [6, 6.07) is 0. The van der Waals surface area contributed by atoms with Crippen molar-refractivity contribution in [3.63, 3.8) is 0 Å². The van der Waals surface area contributed by atoms with Crippen molar-refractivity contribution in [3.8, 4) is 0 Å². The van der Waals surface area contributed by atoms with Crippen LogP contribution in [0.1, 0.15) is 57.8 Å². The molecule has 1 N–H and O–H groups in total. The Morgan fingerprint density at radius 1 is 0.947 bits per heavy atom. The average Bonchev–Trinajstić information content (AvgIpc) is 2.41. The molecule has 2 heterocycles. The predicted octanol–water partition coefficient (Wildman–Crippen LogP) is 3.45. The molecule has 1 saturated carbocycles. The number of hydrogen-bond donors (Lipinski definition) is 1. The summed E-state index contributed by atoms with van der Waals surface area (Å²) in [7, 11) is 0. The van der Waals surface area contributed by atoms with Gasteiger partial charge in [-0.2, -0.15) is 0 Å². The van der Waals surface area contributed by atoms with Crippen molar-refractivity contribution in [1.29, 1.82) is 0 Å². The largest absolute Gasteiger partial charge is 0.317 e. The van der Waals surface area contributed by atoms with E-state index >= 15 is 0 Å². The first-order valence-electron chi connectivity index (χ1n) is 8.29. The van der Waals surface area contributed by atoms with Gasteiger partial charge in [-0.3, -0.25) is 0 Å². The molecule has 3 heteroatoms. The third-order valence-corrected chi connectivity index (χ3v) is 5.63. The SMILES string of the molecule is C1CCC2(CC1)CCCN(CC1CCNCC1)C2.Cl. The lowest BCUT2D eigenvalue weighted by atomic mass is 9.69. The smallest absolute Gasteiger partial charge is 0.00381 e. The molecule has 0 aromatic carbocycles. The molecule has 3 fully saturated rings. The molecule has 0 aromatic rings. The molecule has 19 heavy (non-hydrogen) atoms. The Bertz CT molecular complexity index is 252. The van der Waals surface area contributed by atoms with E-state index in [0.717, 1.165) is 11.3 Å². The highest BCUT2D eigenvalue weighted by Crippen LogP contribution is 2.43. The number of nitrogens with zero attached hydrogens (tertiary/aromatic N) is 1. The lowest BCUT2D eigenvalue weighted by molar-refractivity contribution is 0.0418. The number of halogens is 1. The number of piperidine rings is 2. The van der Waals surface area contributed by atoms with Gasteiger partial charge in [-0.15, -0.1) is 12.4 Å². The molecule has 2 saturated heterocycles. The summed E-state index contributed by atoms with van der Waals surface area (Å²) in [5, 5.41) is 3.49. The zero-order valence-electron chi connectivity index (χ0n) is 12.3. The number of hydrogen-bond acceptors (Lipinski definition) is 2. The summed E-state index contributed by atoms with van der Waals surface area (Å²) in [6.45, 7) is 6.71. The number of nitrogens with one attached hydrogen (secondary N) is 1. The van der Waals surface area contributed by atoms with Gasteiger partial charge in [0.05, 0.1) is 0 Å². The van der Waals surface area contributed by atoms with Crippen LogP contribution in [0.15, 0.2) is 0 Å². The molecule has 0 aromatic heterocycles. The van der Waals surface area contributed by atoms with Crippen LogP contribution in [0.2, 0.25) is 0 Å². The molecular formula is C16H31ClN2. The molecule has 1 aliphatic carbocycles. The van der Waals surface area contributed by atoms with E-state index in [2.05, 4.69) is 10.2 Å². The monoisotopic (exact) mass is 286 g/mol. The van der Waals surface area contributed by atoms with Crippen LogP contribution in [-0.2, 0) is 0 Å². The van der Waals surface area contributed by atoms with E-state index in [1.807, 2.05) is 0 Å². The molecule has 2 nitrogen and oxygen atoms in total. The van der Waals surface area contributed by atoms with E-state index in [9.17, 15) is 0 Å². The zero-order valence-corrected chi connectivity index (χ0v) is 13.1. The van der Waals surface area contributed by atoms with Crippen molar-refractivity contribution in [2.24, 2.45) is 11.3 Å². The van der Waals surface area contributed by atoms with E-state index in [4.69, 9.17) is 0 Å². The molecular weight excluding hydrogens is 256 g/mol. The minimum atomic E-state index is 0. The molecule has 0 unspecified atom stereocenters. The first kappa shape index (κ1) is 15.6. The van der Waals surface area contributed by atoms with Gasteiger partial charge in [0, 0.05) is 13.1 Å². The molecule has 0 amide bonds. The predicted molar refractivity (Wildman–Crippen MR) is 84.0 cm³/mol. The number of likely N-dealkylation sites (tertiary alicyclic amines) is 1. The van der Waals surface area contributed by atoms with Crippen LogP contribution < -0.4 is 5.32 Å². The second-order valence-electron chi connectivity index (χ2n) is 7.09. The highest BCUT2D eigenvalue weighted by molar-refractivity contribution is 5.85. The third-order valence-electron chi connectivity index (χ3n) is 5.63. The Kier molecular flexibility index (Phi) is 5.98. The quantitative estimate of drug-likeness (QED) is 0.836. The van der Waals surface area contributed by atoms with Gasteiger partial charge in [-0.25, -0.2) is 0 Å². The van der Waals surface area contributed by atoms with Gasteiger partial charge in [0.15, 0.2) is 0 Å². The number of rotatable bonds is 2. The summed E-state index contributed by atoms with van der Waals surface area (Å²) in [5.41, 5.74) is 0.740. The van der Waals surface area contributed by atoms with Gasteiger partial charge in [0.1, 0.15) is 0 Å². The van der Waals surface area contributed by atoms with Crippen molar-refractivity contribution in [2.45, 2.75) is 57.8 Å². The van der Waals surface area contributed by atoms with Gasteiger partial charge >= 0.3 is 0 Å². The standard InChI is InChI=1S/C16H30N2.ClH/c1-2-7-16(8-3-1)9-4-12-18(14-16)13-15-5-10-17-11-6-15;/h15,17H,1-14H2;1H. The fourth-order valence-electron chi connectivity index (χ4n) is 4.61. The maximum absolute atomic E-state index is 3.49. The van der Waals surface area contributed by atoms with Crippen molar-refractivity contribution in [2.75, 3.05) is 32.7 Å². The van der Waals surface area contributed by atoms with Crippen molar-refractivity contribution < 1.29 is 0 Å². The van der Waals surface area contributed by atoms with Gasteiger partial charge in [0.25, 0.3) is 0 Å². The third kappa shape index (κ3) is 4.09. The summed E-state index contributed by atoms with van der Waals surface area (Å²) < 4.78 is 0. The topological polar surface area (TPSA) is 15.3 Å². The van der Waals surface area contributed by atoms with Gasteiger partial charge < -0.3 is 10.2 Å². The van der Waals surface area contributed by atoms with Gasteiger partial charge in [0.2, 0.25) is 0 Å². The van der Waals surface area contributed by atoms with E-state index in [1.54, 1.807) is 0 Å². The molecule has 3 aliphatic rings. The zero-order chi connectivity index (χ0) is 12.3. The summed E-state index contributed by atoms with van der Waals surface area (Å²) in [4.78, 5) is 2.82. The first-order chi connectivity index (χ1) is 8.86. The fourth-order valence-corrected chi connectivity index (χ4v) is 4.61. The van der Waals surface area contributed by atoms with Crippen LogP contribution in [0.5, 0.6) is 0 Å². The maximum atomic E-state index is 3.49. The van der Waals surface area contributed by atoms with E-state index in [-0.39, 0.29) is 12.4 Å². The Balaban J connectivity index is 0.00000133. The highest BCUT2D eigenvalue weighted by atomic mass is 35.5. The van der Waals surface area contributed by atoms with Crippen molar-refractivity contribution in [3.05, 3.63) is 0 Å². The van der Waals surface area contributed by atoms with Crippen molar-refractivity contribution >= 4 is 12.4 Å². The Labute approximate surface area is 125 Å². The lowest BCUT2D eigenvalue weighted by Crippen LogP contribution is -2.46. The second-order valence-corrected chi connectivity index (χ2v) is 7.09. The molecule has 112 valence electrons. The maximum Gasteiger partial charge on any atom is 0.00381 e. The summed E-state index contributed by atoms with van der Waals surface area (Å²) in [6.07, 6.45) is 13.3. The molecule has 0 atom stereocenters. The lowest BCUT2D eigenvalue weighted by Gasteiger charge is -2.46. The average molecular weight is 287 g/mol. The Morgan fingerprint density at radius 3 is 2.37 bits per heavy atom. The molecule has 0 bridgehead atoms. The van der Waals surface area contributed by atoms with Gasteiger partial charge in [-0.1, -0.05) is 19.3 Å². The van der Waals surface area contributed by atoms with Crippen LogP contribution >= 0.6 is 12.4 Å². The molecule has 1 spiro atoms. The fraction of sp³-hybridized carbons (Fsp3) is 1.00. The molecule has 2 aliphatic heterocycles. The van der Waals surface area contributed by atoms with Crippen LogP contribution in [-0.4, -0.2) is 37.6 Å². The Morgan fingerprint density at radius 2 is 1.63 bits per heavy atom. The van der Waals surface area contributed by atoms with E-state index in [0.29, 0.717) is 0 Å². The van der Waals surface area contributed by atoms with E-state index in [1.165, 1.54) is 90.5 Å². The highest BCUT2D eigenvalue weighted by Gasteiger charge is 2.36. The minimum Gasteiger partial charge on any atom is -0.317 e. The van der Waals surface area contributed by atoms with Crippen LogP contribution in [0.25, 0.3) is 0 Å². The van der Waals surface area contributed by atoms with E-state index < -0.39 is 0 Å². The van der Waals surface area contributed by atoms with Crippen LogP contribution in [0, 0.1) is 11.3 Å². The van der Waals surface area contributed by atoms with Crippen LogP contribution in [0.4, 0.5) is 0 Å². The Hall–Kier alpha value is 0.210. The second kappa shape index (κ2) is 7.28.